The van der Waals surface area contributed by atoms with Crippen LogP contribution in [0.5, 0.6) is 0 Å². The Labute approximate surface area is 114 Å². The van der Waals surface area contributed by atoms with E-state index in [9.17, 15) is 0 Å². The molecule has 0 heterocycles. The zero-order valence-electron chi connectivity index (χ0n) is 12.4. The van der Waals surface area contributed by atoms with E-state index in [1.807, 2.05) is 0 Å². The highest BCUT2D eigenvalue weighted by Crippen LogP contribution is 2.39. The second-order valence-electron chi connectivity index (χ2n) is 7.18. The molecule has 0 bridgehead atoms. The fourth-order valence-corrected chi connectivity index (χ4v) is 3.41. The Morgan fingerprint density at radius 3 is 2.12 bits per heavy atom. The van der Waals surface area contributed by atoms with Crippen LogP contribution in [-0.2, 0) is 0 Å². The van der Waals surface area contributed by atoms with Crippen molar-refractivity contribution in [2.24, 2.45) is 10.8 Å². The van der Waals surface area contributed by atoms with E-state index in [1.165, 1.54) is 38.6 Å². The molecule has 1 unspecified atom stereocenters. The van der Waals surface area contributed by atoms with Gasteiger partial charge in [0.2, 0.25) is 0 Å². The molecule has 0 N–H and O–H groups in total. The second-order valence-corrected chi connectivity index (χ2v) is 7.49. The zero-order chi connectivity index (χ0) is 13.1. The molecule has 1 atom stereocenters. The molecule has 0 aliphatic heterocycles. The SMILES string of the molecule is CC(N(C)CC1(CS)CCCCC1)C(C)(C)C. The van der Waals surface area contributed by atoms with Gasteiger partial charge in [-0.2, -0.15) is 12.6 Å². The lowest BCUT2D eigenvalue weighted by Crippen LogP contribution is -2.46. The van der Waals surface area contributed by atoms with E-state index >= 15 is 0 Å². The third-order valence-corrected chi connectivity index (χ3v) is 5.42. The van der Waals surface area contributed by atoms with Gasteiger partial charge in [-0.05, 0) is 43.4 Å². The number of nitrogens with zero attached hydrogens (tertiary/aromatic N) is 1. The Hall–Kier alpha value is 0.310. The van der Waals surface area contributed by atoms with Crippen molar-refractivity contribution in [2.45, 2.75) is 65.8 Å². The van der Waals surface area contributed by atoms with Crippen molar-refractivity contribution < 1.29 is 0 Å². The summed E-state index contributed by atoms with van der Waals surface area (Å²) in [6.45, 7) is 10.6. The molecule has 1 aliphatic carbocycles. The molecule has 0 saturated heterocycles. The minimum atomic E-state index is 0.362. The van der Waals surface area contributed by atoms with E-state index in [0.717, 1.165) is 5.75 Å². The maximum absolute atomic E-state index is 4.64. The van der Waals surface area contributed by atoms with Gasteiger partial charge in [0.15, 0.2) is 0 Å². The summed E-state index contributed by atoms with van der Waals surface area (Å²) < 4.78 is 0. The monoisotopic (exact) mass is 257 g/mol. The van der Waals surface area contributed by atoms with Crippen LogP contribution in [0.25, 0.3) is 0 Å². The Morgan fingerprint density at radius 2 is 1.71 bits per heavy atom. The van der Waals surface area contributed by atoms with Crippen LogP contribution in [0.15, 0.2) is 0 Å². The molecule has 102 valence electrons. The quantitative estimate of drug-likeness (QED) is 0.738. The maximum Gasteiger partial charge on any atom is 0.0113 e. The Bertz CT molecular complexity index is 226. The van der Waals surface area contributed by atoms with Gasteiger partial charge in [0, 0.05) is 12.6 Å². The second kappa shape index (κ2) is 5.97. The molecule has 1 nitrogen and oxygen atoms in total. The molecular weight excluding hydrogens is 226 g/mol. The Morgan fingerprint density at radius 1 is 1.18 bits per heavy atom. The maximum atomic E-state index is 4.64. The van der Waals surface area contributed by atoms with Crippen molar-refractivity contribution in [1.29, 1.82) is 0 Å². The average Bonchev–Trinajstić information content (AvgIpc) is 2.28. The van der Waals surface area contributed by atoms with Crippen LogP contribution in [-0.4, -0.2) is 30.3 Å². The number of thiol groups is 1. The molecule has 0 aromatic carbocycles. The summed E-state index contributed by atoms with van der Waals surface area (Å²) in [4.78, 5) is 2.56. The predicted octanol–water partition coefficient (Wildman–Crippen LogP) is 4.23. The van der Waals surface area contributed by atoms with Crippen LogP contribution in [0.3, 0.4) is 0 Å². The van der Waals surface area contributed by atoms with Crippen LogP contribution in [0, 0.1) is 10.8 Å². The van der Waals surface area contributed by atoms with Crippen molar-refractivity contribution in [2.75, 3.05) is 19.3 Å². The molecular formula is C15H31NS. The van der Waals surface area contributed by atoms with E-state index in [0.29, 0.717) is 16.9 Å². The lowest BCUT2D eigenvalue weighted by atomic mass is 9.74. The van der Waals surface area contributed by atoms with Crippen LogP contribution in [0.4, 0.5) is 0 Å². The molecule has 1 aliphatic rings. The molecule has 0 aromatic rings. The summed E-state index contributed by atoms with van der Waals surface area (Å²) in [6.07, 6.45) is 6.97. The lowest BCUT2D eigenvalue weighted by molar-refractivity contribution is 0.0739. The van der Waals surface area contributed by atoms with Crippen LogP contribution >= 0.6 is 12.6 Å². The minimum Gasteiger partial charge on any atom is -0.303 e. The molecule has 0 spiro atoms. The van der Waals surface area contributed by atoms with Gasteiger partial charge in [-0.1, -0.05) is 40.0 Å². The molecule has 1 fully saturated rings. The minimum absolute atomic E-state index is 0.362. The normalized spacial score (nSPS) is 22.8. The average molecular weight is 257 g/mol. The van der Waals surface area contributed by atoms with E-state index in [2.05, 4.69) is 52.3 Å². The van der Waals surface area contributed by atoms with Crippen molar-refractivity contribution >= 4 is 12.6 Å². The van der Waals surface area contributed by atoms with Crippen LogP contribution in [0.1, 0.15) is 59.8 Å². The van der Waals surface area contributed by atoms with Gasteiger partial charge in [-0.3, -0.25) is 0 Å². The van der Waals surface area contributed by atoms with E-state index in [4.69, 9.17) is 0 Å². The highest BCUT2D eigenvalue weighted by atomic mass is 32.1. The van der Waals surface area contributed by atoms with Crippen molar-refractivity contribution in [3.05, 3.63) is 0 Å². The number of hydrogen-bond donors (Lipinski definition) is 1. The third kappa shape index (κ3) is 4.17. The van der Waals surface area contributed by atoms with E-state index in [1.54, 1.807) is 0 Å². The molecule has 0 aromatic heterocycles. The summed E-state index contributed by atoms with van der Waals surface area (Å²) in [7, 11) is 2.29. The standard InChI is InChI=1S/C15H31NS/c1-13(14(2,3)4)16(5)11-15(12-17)9-7-6-8-10-15/h13,17H,6-12H2,1-5H3. The van der Waals surface area contributed by atoms with Crippen molar-refractivity contribution in [3.63, 3.8) is 0 Å². The summed E-state index contributed by atoms with van der Waals surface area (Å²) in [6, 6.07) is 0.626. The van der Waals surface area contributed by atoms with Crippen LogP contribution < -0.4 is 0 Å². The molecule has 17 heavy (non-hydrogen) atoms. The van der Waals surface area contributed by atoms with Crippen molar-refractivity contribution in [3.8, 4) is 0 Å². The molecule has 0 amide bonds. The summed E-state index contributed by atoms with van der Waals surface area (Å²) in [5, 5.41) is 0. The smallest absolute Gasteiger partial charge is 0.0113 e. The van der Waals surface area contributed by atoms with Gasteiger partial charge in [0.1, 0.15) is 0 Å². The summed E-state index contributed by atoms with van der Waals surface area (Å²) in [5.41, 5.74) is 0.844. The summed E-state index contributed by atoms with van der Waals surface area (Å²) >= 11 is 4.64. The molecule has 0 radical (unpaired) electrons. The van der Waals surface area contributed by atoms with Gasteiger partial charge in [-0.15, -0.1) is 0 Å². The molecule has 2 heteroatoms. The van der Waals surface area contributed by atoms with Gasteiger partial charge >= 0.3 is 0 Å². The fraction of sp³-hybridized carbons (Fsp3) is 1.00. The molecule has 1 saturated carbocycles. The largest absolute Gasteiger partial charge is 0.303 e. The number of hydrogen-bond acceptors (Lipinski definition) is 2. The predicted molar refractivity (Wildman–Crippen MR) is 80.9 cm³/mol. The van der Waals surface area contributed by atoms with E-state index < -0.39 is 0 Å². The highest BCUT2D eigenvalue weighted by molar-refractivity contribution is 7.80. The lowest BCUT2D eigenvalue weighted by Gasteiger charge is -2.44. The van der Waals surface area contributed by atoms with Gasteiger partial charge in [0.25, 0.3) is 0 Å². The van der Waals surface area contributed by atoms with Gasteiger partial charge < -0.3 is 4.90 Å². The van der Waals surface area contributed by atoms with Crippen molar-refractivity contribution in [1.82, 2.24) is 4.90 Å². The molecule has 1 rings (SSSR count). The Kier molecular flexibility index (Phi) is 5.39. The fourth-order valence-electron chi connectivity index (χ4n) is 3.00. The van der Waals surface area contributed by atoms with Crippen LogP contribution in [0.2, 0.25) is 0 Å². The van der Waals surface area contributed by atoms with Gasteiger partial charge in [-0.25, -0.2) is 0 Å². The first kappa shape index (κ1) is 15.4. The first-order chi connectivity index (χ1) is 7.81. The van der Waals surface area contributed by atoms with Gasteiger partial charge in [0.05, 0.1) is 0 Å². The first-order valence-corrected chi connectivity index (χ1v) is 7.75. The zero-order valence-corrected chi connectivity index (χ0v) is 13.3. The highest BCUT2D eigenvalue weighted by Gasteiger charge is 2.34. The topological polar surface area (TPSA) is 3.24 Å². The third-order valence-electron chi connectivity index (χ3n) is 4.75. The first-order valence-electron chi connectivity index (χ1n) is 7.12. The number of rotatable bonds is 4. The van der Waals surface area contributed by atoms with E-state index in [-0.39, 0.29) is 0 Å². The Balaban J connectivity index is 2.61. The summed E-state index contributed by atoms with van der Waals surface area (Å²) in [5.74, 6) is 1.05.